The lowest BCUT2D eigenvalue weighted by atomic mass is 10.3. The standard InChI is InChI=1S/C17H23N5O2.HI/c1-13-12-21(9-10-24-13)17(18)19-11-14-7-8-22(20-14)15-3-5-16(23-2)6-4-15;/h3-8,13H,9-12H2,1-2H3,(H2,18,19);1H. The van der Waals surface area contributed by atoms with E-state index in [0.717, 1.165) is 30.2 Å². The fraction of sp³-hybridized carbons (Fsp3) is 0.412. The van der Waals surface area contributed by atoms with Crippen molar-refractivity contribution in [3.8, 4) is 11.4 Å². The highest BCUT2D eigenvalue weighted by atomic mass is 127. The first kappa shape index (κ1) is 19.5. The van der Waals surface area contributed by atoms with Crippen LogP contribution in [0.15, 0.2) is 41.5 Å². The summed E-state index contributed by atoms with van der Waals surface area (Å²) >= 11 is 0. The highest BCUT2D eigenvalue weighted by molar-refractivity contribution is 14.0. The molecule has 0 radical (unpaired) electrons. The number of ether oxygens (including phenoxy) is 2. The molecule has 2 N–H and O–H groups in total. The van der Waals surface area contributed by atoms with Gasteiger partial charge in [0.15, 0.2) is 5.96 Å². The minimum atomic E-state index is 0. The molecule has 0 bridgehead atoms. The predicted molar refractivity (Wildman–Crippen MR) is 108 cm³/mol. The first-order valence-electron chi connectivity index (χ1n) is 8.01. The number of hydrogen-bond donors (Lipinski definition) is 1. The van der Waals surface area contributed by atoms with Crippen molar-refractivity contribution in [1.82, 2.24) is 14.7 Å². The first-order chi connectivity index (χ1) is 11.7. The van der Waals surface area contributed by atoms with Crippen LogP contribution in [-0.2, 0) is 11.3 Å². The van der Waals surface area contributed by atoms with Gasteiger partial charge < -0.3 is 20.1 Å². The molecular formula is C17H24IN5O2. The number of nitrogens with two attached hydrogens (primary N) is 1. The van der Waals surface area contributed by atoms with E-state index >= 15 is 0 Å². The maximum absolute atomic E-state index is 6.08. The van der Waals surface area contributed by atoms with Crippen LogP contribution in [0.25, 0.3) is 5.69 Å². The Kier molecular flexibility index (Phi) is 7.06. The third-order valence-electron chi connectivity index (χ3n) is 3.95. The third kappa shape index (κ3) is 5.08. The molecule has 136 valence electrons. The van der Waals surface area contributed by atoms with E-state index in [4.69, 9.17) is 15.2 Å². The number of guanidine groups is 1. The molecule has 1 unspecified atom stereocenters. The number of benzene rings is 1. The van der Waals surface area contributed by atoms with Gasteiger partial charge in [0.25, 0.3) is 0 Å². The fourth-order valence-electron chi connectivity index (χ4n) is 2.61. The number of morpholine rings is 1. The quantitative estimate of drug-likeness (QED) is 0.432. The van der Waals surface area contributed by atoms with E-state index in [1.165, 1.54) is 0 Å². The number of hydrogen-bond acceptors (Lipinski definition) is 4. The topological polar surface area (TPSA) is 77.9 Å². The normalized spacial score (nSPS) is 17.9. The van der Waals surface area contributed by atoms with Crippen LogP contribution in [0.1, 0.15) is 12.6 Å². The second-order valence-electron chi connectivity index (χ2n) is 5.75. The zero-order valence-corrected chi connectivity index (χ0v) is 16.8. The van der Waals surface area contributed by atoms with E-state index < -0.39 is 0 Å². The van der Waals surface area contributed by atoms with E-state index in [1.807, 2.05) is 48.1 Å². The van der Waals surface area contributed by atoms with Gasteiger partial charge in [-0.15, -0.1) is 24.0 Å². The Labute approximate surface area is 164 Å². The van der Waals surface area contributed by atoms with Crippen molar-refractivity contribution in [2.24, 2.45) is 10.7 Å². The van der Waals surface area contributed by atoms with Crippen LogP contribution in [0, 0.1) is 0 Å². The molecular weight excluding hydrogens is 433 g/mol. The average Bonchev–Trinajstić information content (AvgIpc) is 3.09. The van der Waals surface area contributed by atoms with Crippen LogP contribution in [0.5, 0.6) is 5.75 Å². The summed E-state index contributed by atoms with van der Waals surface area (Å²) in [5, 5.41) is 4.54. The molecule has 0 saturated carbocycles. The lowest BCUT2D eigenvalue weighted by Gasteiger charge is -2.31. The Balaban J connectivity index is 0.00000225. The van der Waals surface area contributed by atoms with E-state index in [0.29, 0.717) is 19.1 Å². The van der Waals surface area contributed by atoms with Crippen molar-refractivity contribution in [3.05, 3.63) is 42.2 Å². The maximum atomic E-state index is 6.08. The van der Waals surface area contributed by atoms with Crippen LogP contribution < -0.4 is 10.5 Å². The maximum Gasteiger partial charge on any atom is 0.191 e. The van der Waals surface area contributed by atoms with Crippen LogP contribution in [0.4, 0.5) is 0 Å². The molecule has 0 aliphatic carbocycles. The lowest BCUT2D eigenvalue weighted by Crippen LogP contribution is -2.47. The molecule has 1 aliphatic rings. The summed E-state index contributed by atoms with van der Waals surface area (Å²) in [7, 11) is 1.65. The molecule has 0 amide bonds. The molecule has 1 aromatic heterocycles. The van der Waals surface area contributed by atoms with Crippen LogP contribution in [0.2, 0.25) is 0 Å². The molecule has 1 aliphatic heterocycles. The molecule has 1 saturated heterocycles. The molecule has 2 heterocycles. The van der Waals surface area contributed by atoms with E-state index in [2.05, 4.69) is 15.0 Å². The first-order valence-corrected chi connectivity index (χ1v) is 8.01. The molecule has 2 aromatic rings. The third-order valence-corrected chi connectivity index (χ3v) is 3.95. The highest BCUT2D eigenvalue weighted by Gasteiger charge is 2.17. The Morgan fingerprint density at radius 2 is 2.12 bits per heavy atom. The van der Waals surface area contributed by atoms with Crippen molar-refractivity contribution in [2.75, 3.05) is 26.8 Å². The van der Waals surface area contributed by atoms with Gasteiger partial charge in [0, 0.05) is 19.3 Å². The predicted octanol–water partition coefficient (Wildman–Crippen LogP) is 2.03. The molecule has 25 heavy (non-hydrogen) atoms. The monoisotopic (exact) mass is 457 g/mol. The van der Waals surface area contributed by atoms with E-state index in [-0.39, 0.29) is 30.1 Å². The Morgan fingerprint density at radius 1 is 1.36 bits per heavy atom. The molecule has 3 rings (SSSR count). The smallest absolute Gasteiger partial charge is 0.191 e. The van der Waals surface area contributed by atoms with Gasteiger partial charge in [-0.1, -0.05) is 0 Å². The average molecular weight is 457 g/mol. The zero-order chi connectivity index (χ0) is 16.9. The Morgan fingerprint density at radius 3 is 2.80 bits per heavy atom. The van der Waals surface area contributed by atoms with Gasteiger partial charge in [0.1, 0.15) is 5.75 Å². The molecule has 1 fully saturated rings. The van der Waals surface area contributed by atoms with Crippen molar-refractivity contribution < 1.29 is 9.47 Å². The highest BCUT2D eigenvalue weighted by Crippen LogP contribution is 2.14. The second-order valence-corrected chi connectivity index (χ2v) is 5.75. The minimum Gasteiger partial charge on any atom is -0.497 e. The van der Waals surface area contributed by atoms with Crippen LogP contribution in [-0.4, -0.2) is 53.6 Å². The summed E-state index contributed by atoms with van der Waals surface area (Å²) in [6.07, 6.45) is 2.10. The van der Waals surface area contributed by atoms with E-state index in [9.17, 15) is 0 Å². The largest absolute Gasteiger partial charge is 0.497 e. The summed E-state index contributed by atoms with van der Waals surface area (Å²) < 4.78 is 12.5. The SMILES string of the molecule is COc1ccc(-n2ccc(CN=C(N)N3CCOC(C)C3)n2)cc1.I. The van der Waals surface area contributed by atoms with Gasteiger partial charge >= 0.3 is 0 Å². The molecule has 1 aromatic carbocycles. The number of aromatic nitrogens is 2. The molecule has 0 spiro atoms. The fourth-order valence-corrected chi connectivity index (χ4v) is 2.61. The van der Waals surface area contributed by atoms with Gasteiger partial charge in [0.2, 0.25) is 0 Å². The van der Waals surface area contributed by atoms with Crippen LogP contribution in [0.3, 0.4) is 0 Å². The van der Waals surface area contributed by atoms with Crippen molar-refractivity contribution in [3.63, 3.8) is 0 Å². The minimum absolute atomic E-state index is 0. The second kappa shape index (κ2) is 9.04. The number of halogens is 1. The number of methoxy groups -OCH3 is 1. The van der Waals surface area contributed by atoms with Crippen molar-refractivity contribution in [1.29, 1.82) is 0 Å². The molecule has 1 atom stereocenters. The number of aliphatic imine (C=N–C) groups is 1. The zero-order valence-electron chi connectivity index (χ0n) is 14.5. The van der Waals surface area contributed by atoms with Gasteiger partial charge in [-0.2, -0.15) is 5.10 Å². The van der Waals surface area contributed by atoms with Gasteiger partial charge in [-0.3, -0.25) is 0 Å². The number of nitrogens with zero attached hydrogens (tertiary/aromatic N) is 4. The Bertz CT molecular complexity index is 701. The lowest BCUT2D eigenvalue weighted by molar-refractivity contribution is 0.00528. The van der Waals surface area contributed by atoms with Gasteiger partial charge in [-0.05, 0) is 37.3 Å². The summed E-state index contributed by atoms with van der Waals surface area (Å²) in [5.41, 5.74) is 7.92. The summed E-state index contributed by atoms with van der Waals surface area (Å²) in [5.74, 6) is 1.37. The van der Waals surface area contributed by atoms with Crippen LogP contribution >= 0.6 is 24.0 Å². The summed E-state index contributed by atoms with van der Waals surface area (Å²) in [6.45, 7) is 4.73. The molecule has 8 heteroatoms. The van der Waals surface area contributed by atoms with Crippen molar-refractivity contribution in [2.45, 2.75) is 19.6 Å². The van der Waals surface area contributed by atoms with Gasteiger partial charge in [0.05, 0.1) is 37.7 Å². The summed E-state index contributed by atoms with van der Waals surface area (Å²) in [4.78, 5) is 6.51. The number of rotatable bonds is 4. The van der Waals surface area contributed by atoms with Gasteiger partial charge in [-0.25, -0.2) is 9.67 Å². The summed E-state index contributed by atoms with van der Waals surface area (Å²) in [6, 6.07) is 9.69. The Hall–Kier alpha value is -1.81. The molecule has 7 nitrogen and oxygen atoms in total. The van der Waals surface area contributed by atoms with E-state index in [1.54, 1.807) is 7.11 Å². The van der Waals surface area contributed by atoms with Crippen molar-refractivity contribution >= 4 is 29.9 Å².